The van der Waals surface area contributed by atoms with Crippen LogP contribution in [0.5, 0.6) is 11.5 Å². The SMILES string of the molecule is COc1cc(/C=C2/SC(=Nc3ccc(C)cc3)N(C)C2=O)cc(Br)c1OCc1ccc(Br)cc1. The molecule has 0 aliphatic carbocycles. The Morgan fingerprint density at radius 1 is 1.06 bits per heavy atom. The summed E-state index contributed by atoms with van der Waals surface area (Å²) in [6.07, 6.45) is 1.84. The molecule has 1 amide bonds. The van der Waals surface area contributed by atoms with Crippen molar-refractivity contribution >= 4 is 66.5 Å². The quantitative estimate of drug-likeness (QED) is 0.277. The van der Waals surface area contributed by atoms with E-state index in [1.807, 2.05) is 73.7 Å². The summed E-state index contributed by atoms with van der Waals surface area (Å²) in [6.45, 7) is 2.43. The van der Waals surface area contributed by atoms with Gasteiger partial charge in [-0.25, -0.2) is 4.99 Å². The highest BCUT2D eigenvalue weighted by Crippen LogP contribution is 2.39. The number of carbonyl (C=O) groups excluding carboxylic acids is 1. The van der Waals surface area contributed by atoms with Gasteiger partial charge in [0.15, 0.2) is 16.7 Å². The first-order chi connectivity index (χ1) is 16.3. The Morgan fingerprint density at radius 2 is 1.76 bits per heavy atom. The number of carbonyl (C=O) groups is 1. The Bertz CT molecular complexity index is 1270. The number of halogens is 2. The van der Waals surface area contributed by atoms with E-state index in [-0.39, 0.29) is 5.91 Å². The summed E-state index contributed by atoms with van der Waals surface area (Å²) in [5, 5.41) is 0.639. The first kappa shape index (κ1) is 24.6. The fourth-order valence-corrected chi connectivity index (χ4v) is 5.06. The van der Waals surface area contributed by atoms with Crippen molar-refractivity contribution in [2.24, 2.45) is 4.99 Å². The van der Waals surface area contributed by atoms with Crippen molar-refractivity contribution < 1.29 is 14.3 Å². The van der Waals surface area contributed by atoms with E-state index in [0.717, 1.165) is 31.3 Å². The lowest BCUT2D eigenvalue weighted by Crippen LogP contribution is -2.23. The fraction of sp³-hybridized carbons (Fsp3) is 0.154. The molecule has 5 nitrogen and oxygen atoms in total. The molecule has 1 fully saturated rings. The van der Waals surface area contributed by atoms with Gasteiger partial charge in [0, 0.05) is 11.5 Å². The number of aliphatic imine (C=N–C) groups is 1. The van der Waals surface area contributed by atoms with Crippen LogP contribution in [0.1, 0.15) is 16.7 Å². The number of nitrogens with zero attached hydrogens (tertiary/aromatic N) is 2. The zero-order valence-electron chi connectivity index (χ0n) is 18.8. The average Bonchev–Trinajstić information content (AvgIpc) is 3.08. The lowest BCUT2D eigenvalue weighted by molar-refractivity contribution is -0.121. The van der Waals surface area contributed by atoms with Gasteiger partial charge in [0.2, 0.25) is 0 Å². The Kier molecular flexibility index (Phi) is 7.80. The average molecular weight is 602 g/mol. The number of aryl methyl sites for hydroxylation is 1. The van der Waals surface area contributed by atoms with E-state index in [4.69, 9.17) is 9.47 Å². The number of methoxy groups -OCH3 is 1. The minimum atomic E-state index is -0.0958. The first-order valence-electron chi connectivity index (χ1n) is 10.4. The number of amidine groups is 1. The van der Waals surface area contributed by atoms with Crippen molar-refractivity contribution in [3.8, 4) is 11.5 Å². The molecule has 3 aromatic carbocycles. The highest BCUT2D eigenvalue weighted by Gasteiger charge is 2.30. The van der Waals surface area contributed by atoms with Crippen LogP contribution in [0, 0.1) is 6.92 Å². The Hall–Kier alpha value is -2.55. The van der Waals surface area contributed by atoms with Crippen molar-refractivity contribution in [1.29, 1.82) is 0 Å². The van der Waals surface area contributed by atoms with Gasteiger partial charge in [0.25, 0.3) is 5.91 Å². The minimum absolute atomic E-state index is 0.0958. The molecule has 0 atom stereocenters. The molecule has 0 bridgehead atoms. The number of rotatable bonds is 6. The van der Waals surface area contributed by atoms with Gasteiger partial charge >= 0.3 is 0 Å². The molecular formula is C26H22Br2N2O3S. The van der Waals surface area contributed by atoms with Crippen LogP contribution in [0.25, 0.3) is 6.08 Å². The summed E-state index contributed by atoms with van der Waals surface area (Å²) in [5.74, 6) is 1.09. The van der Waals surface area contributed by atoms with E-state index in [9.17, 15) is 4.79 Å². The van der Waals surface area contributed by atoms with Crippen LogP contribution < -0.4 is 9.47 Å². The maximum Gasteiger partial charge on any atom is 0.266 e. The maximum atomic E-state index is 12.8. The Morgan fingerprint density at radius 3 is 2.44 bits per heavy atom. The molecule has 0 aromatic heterocycles. The number of hydrogen-bond acceptors (Lipinski definition) is 5. The van der Waals surface area contributed by atoms with Gasteiger partial charge in [-0.3, -0.25) is 9.69 Å². The molecule has 0 radical (unpaired) electrons. The van der Waals surface area contributed by atoms with Gasteiger partial charge in [-0.15, -0.1) is 0 Å². The van der Waals surface area contributed by atoms with Crippen LogP contribution >= 0.6 is 43.6 Å². The van der Waals surface area contributed by atoms with Crippen molar-refractivity contribution in [2.75, 3.05) is 14.2 Å². The number of ether oxygens (including phenoxy) is 2. The largest absolute Gasteiger partial charge is 0.493 e. The topological polar surface area (TPSA) is 51.1 Å². The monoisotopic (exact) mass is 600 g/mol. The third-order valence-electron chi connectivity index (χ3n) is 5.11. The van der Waals surface area contributed by atoms with Crippen LogP contribution in [0.3, 0.4) is 0 Å². The molecule has 4 rings (SSSR count). The zero-order chi connectivity index (χ0) is 24.2. The predicted octanol–water partition coefficient (Wildman–Crippen LogP) is 7.34. The van der Waals surface area contributed by atoms with E-state index >= 15 is 0 Å². The maximum absolute atomic E-state index is 12.8. The van der Waals surface area contributed by atoms with Crippen molar-refractivity contribution in [2.45, 2.75) is 13.5 Å². The van der Waals surface area contributed by atoms with Crippen LogP contribution in [0.2, 0.25) is 0 Å². The molecule has 174 valence electrons. The first-order valence-corrected chi connectivity index (χ1v) is 12.8. The molecule has 1 heterocycles. The fourth-order valence-electron chi connectivity index (χ4n) is 3.23. The normalized spacial score (nSPS) is 15.9. The lowest BCUT2D eigenvalue weighted by Gasteiger charge is -2.14. The zero-order valence-corrected chi connectivity index (χ0v) is 22.8. The third kappa shape index (κ3) is 5.74. The van der Waals surface area contributed by atoms with E-state index < -0.39 is 0 Å². The van der Waals surface area contributed by atoms with Gasteiger partial charge in [-0.1, -0.05) is 45.8 Å². The highest BCUT2D eigenvalue weighted by atomic mass is 79.9. The van der Waals surface area contributed by atoms with Gasteiger partial charge < -0.3 is 9.47 Å². The second-order valence-electron chi connectivity index (χ2n) is 7.65. The van der Waals surface area contributed by atoms with Crippen LogP contribution in [-0.4, -0.2) is 30.1 Å². The second kappa shape index (κ2) is 10.8. The van der Waals surface area contributed by atoms with E-state index in [0.29, 0.717) is 28.2 Å². The van der Waals surface area contributed by atoms with Gasteiger partial charge in [0.1, 0.15) is 6.61 Å². The molecule has 0 saturated carbocycles. The molecule has 0 spiro atoms. The highest BCUT2D eigenvalue weighted by molar-refractivity contribution is 9.10. The molecule has 1 aliphatic rings. The van der Waals surface area contributed by atoms with E-state index in [1.165, 1.54) is 11.8 Å². The Labute approximate surface area is 220 Å². The summed E-state index contributed by atoms with van der Waals surface area (Å²) < 4.78 is 13.4. The Balaban J connectivity index is 1.56. The molecule has 0 N–H and O–H groups in total. The third-order valence-corrected chi connectivity index (χ3v) is 7.29. The molecule has 8 heteroatoms. The molecular weight excluding hydrogens is 580 g/mol. The molecule has 3 aromatic rings. The van der Waals surface area contributed by atoms with Crippen molar-refractivity contribution in [3.05, 3.63) is 91.2 Å². The lowest BCUT2D eigenvalue weighted by atomic mass is 10.1. The summed E-state index contributed by atoms with van der Waals surface area (Å²) in [7, 11) is 3.33. The predicted molar refractivity (Wildman–Crippen MR) is 146 cm³/mol. The summed E-state index contributed by atoms with van der Waals surface area (Å²) in [5.41, 5.74) is 3.84. The van der Waals surface area contributed by atoms with Gasteiger partial charge in [0.05, 0.1) is 22.2 Å². The molecule has 34 heavy (non-hydrogen) atoms. The van der Waals surface area contributed by atoms with Crippen LogP contribution in [-0.2, 0) is 11.4 Å². The molecule has 0 unspecified atom stereocenters. The summed E-state index contributed by atoms with van der Waals surface area (Å²) >= 11 is 8.38. The van der Waals surface area contributed by atoms with Crippen molar-refractivity contribution in [1.82, 2.24) is 4.90 Å². The van der Waals surface area contributed by atoms with Crippen LogP contribution in [0.15, 0.2) is 79.5 Å². The molecule has 1 aliphatic heterocycles. The smallest absolute Gasteiger partial charge is 0.266 e. The number of amides is 1. The number of hydrogen-bond donors (Lipinski definition) is 0. The second-order valence-corrected chi connectivity index (χ2v) is 10.4. The summed E-state index contributed by atoms with van der Waals surface area (Å²) in [6, 6.07) is 19.6. The standard InChI is InChI=1S/C26H22Br2N2O3S/c1-16-4-10-20(11-5-16)29-26-30(2)25(31)23(34-26)14-18-12-21(28)24(22(13-18)32-3)33-15-17-6-8-19(27)9-7-17/h4-14H,15H2,1-3H3/b23-14+,29-26?. The number of thioether (sulfide) groups is 1. The minimum Gasteiger partial charge on any atom is -0.493 e. The van der Waals surface area contributed by atoms with E-state index in [2.05, 4.69) is 36.9 Å². The van der Waals surface area contributed by atoms with E-state index in [1.54, 1.807) is 19.1 Å². The van der Waals surface area contributed by atoms with Gasteiger partial charge in [-0.2, -0.15) is 0 Å². The summed E-state index contributed by atoms with van der Waals surface area (Å²) in [4.78, 5) is 19.6. The number of benzene rings is 3. The van der Waals surface area contributed by atoms with Gasteiger partial charge in [-0.05, 0) is 88.2 Å². The van der Waals surface area contributed by atoms with Crippen LogP contribution in [0.4, 0.5) is 5.69 Å². The number of likely N-dealkylation sites (N-methyl/N-ethyl adjacent to an activating group) is 1. The molecule has 1 saturated heterocycles. The van der Waals surface area contributed by atoms with Crippen molar-refractivity contribution in [3.63, 3.8) is 0 Å².